The average molecular weight is 376 g/mol. The molecule has 1 N–H and O–H groups in total. The predicted molar refractivity (Wildman–Crippen MR) is 103 cm³/mol. The molecule has 0 radical (unpaired) electrons. The number of tetrazole rings is 1. The van der Waals surface area contributed by atoms with Gasteiger partial charge in [0, 0.05) is 18.1 Å². The van der Waals surface area contributed by atoms with Gasteiger partial charge >= 0.3 is 0 Å². The minimum atomic E-state index is -1.01. The summed E-state index contributed by atoms with van der Waals surface area (Å²) in [5.74, 6) is 6.67. The number of imidazole rings is 1. The van der Waals surface area contributed by atoms with Gasteiger partial charge in [0.1, 0.15) is 11.9 Å². The quantitative estimate of drug-likeness (QED) is 0.556. The molecular formula is C19H16N6OS. The molecule has 0 fully saturated rings. The summed E-state index contributed by atoms with van der Waals surface area (Å²) in [6, 6.07) is 11.8. The van der Waals surface area contributed by atoms with Gasteiger partial charge in [0.15, 0.2) is 5.82 Å². The summed E-state index contributed by atoms with van der Waals surface area (Å²) < 4.78 is 3.61. The van der Waals surface area contributed by atoms with Crippen LogP contribution in [0, 0.1) is 11.8 Å². The third-order valence-electron chi connectivity index (χ3n) is 3.68. The number of aromatic nitrogens is 6. The normalized spacial score (nSPS) is 11.2. The van der Waals surface area contributed by atoms with Gasteiger partial charge in [-0.1, -0.05) is 17.9 Å². The molecule has 3 heterocycles. The van der Waals surface area contributed by atoms with E-state index in [9.17, 15) is 5.11 Å². The highest BCUT2D eigenvalue weighted by atomic mass is 32.1. The van der Waals surface area contributed by atoms with Crippen molar-refractivity contribution in [2.24, 2.45) is 0 Å². The highest BCUT2D eigenvalue weighted by molar-refractivity contribution is 7.15. The van der Waals surface area contributed by atoms with Crippen LogP contribution >= 0.6 is 11.3 Å². The van der Waals surface area contributed by atoms with Crippen molar-refractivity contribution in [3.63, 3.8) is 0 Å². The van der Waals surface area contributed by atoms with Gasteiger partial charge in [-0.3, -0.25) is 4.57 Å². The van der Waals surface area contributed by atoms with E-state index in [0.717, 1.165) is 27.0 Å². The molecule has 0 aliphatic heterocycles. The summed E-state index contributed by atoms with van der Waals surface area (Å²) >= 11 is 1.54. The third-order valence-corrected chi connectivity index (χ3v) is 4.68. The lowest BCUT2D eigenvalue weighted by atomic mass is 10.1. The Hall–Kier alpha value is -3.28. The summed E-state index contributed by atoms with van der Waals surface area (Å²) in [5, 5.41) is 21.1. The van der Waals surface area contributed by atoms with Crippen molar-refractivity contribution < 1.29 is 5.11 Å². The fourth-order valence-corrected chi connectivity index (χ4v) is 3.35. The minimum Gasteiger partial charge on any atom is -0.378 e. The number of hydrogen-bond donors (Lipinski definition) is 1. The van der Waals surface area contributed by atoms with E-state index in [1.54, 1.807) is 31.1 Å². The van der Waals surface area contributed by atoms with Crippen LogP contribution in [0.15, 0.2) is 55.1 Å². The predicted octanol–water partition coefficient (Wildman–Crippen LogP) is 2.70. The lowest BCUT2D eigenvalue weighted by Crippen LogP contribution is -2.14. The first-order valence-electron chi connectivity index (χ1n) is 8.22. The van der Waals surface area contributed by atoms with Gasteiger partial charge in [-0.15, -0.1) is 16.4 Å². The van der Waals surface area contributed by atoms with Crippen molar-refractivity contribution in [3.05, 3.63) is 60.0 Å². The smallest absolute Gasteiger partial charge is 0.154 e. The molecule has 8 heteroatoms. The highest BCUT2D eigenvalue weighted by Crippen LogP contribution is 2.29. The maximum Gasteiger partial charge on any atom is 0.154 e. The van der Waals surface area contributed by atoms with Crippen LogP contribution in [0.2, 0.25) is 0 Å². The Morgan fingerprint density at radius 2 is 2.00 bits per heavy atom. The Kier molecular flexibility index (Phi) is 4.32. The zero-order valence-corrected chi connectivity index (χ0v) is 15.6. The minimum absolute atomic E-state index is 0.824. The summed E-state index contributed by atoms with van der Waals surface area (Å²) in [5.41, 5.74) is 0.798. The number of hydrogen-bond acceptors (Lipinski definition) is 6. The maximum absolute atomic E-state index is 9.77. The van der Waals surface area contributed by atoms with Crippen molar-refractivity contribution >= 4 is 11.3 Å². The lowest BCUT2D eigenvalue weighted by molar-refractivity contribution is 0.143. The summed E-state index contributed by atoms with van der Waals surface area (Å²) in [7, 11) is 0. The van der Waals surface area contributed by atoms with Crippen LogP contribution in [0.5, 0.6) is 0 Å². The molecule has 0 saturated heterocycles. The first kappa shape index (κ1) is 17.1. The number of rotatable bonds is 3. The monoisotopic (exact) mass is 376 g/mol. The van der Waals surface area contributed by atoms with E-state index in [1.807, 2.05) is 47.2 Å². The molecule has 0 unspecified atom stereocenters. The molecule has 0 aliphatic rings. The standard InChI is InChI=1S/C19H16N6OS/c1-19(2,26)9-8-16-6-7-17(27-16)18-20-10-11-24(18)14-4-3-5-15(12-14)25-13-21-22-23-25/h3-7,10-13,26H,1-2H3. The van der Waals surface area contributed by atoms with Crippen molar-refractivity contribution in [2.45, 2.75) is 19.4 Å². The van der Waals surface area contributed by atoms with Crippen LogP contribution in [0.3, 0.4) is 0 Å². The van der Waals surface area contributed by atoms with Crippen molar-refractivity contribution in [3.8, 4) is 33.9 Å². The molecule has 7 nitrogen and oxygen atoms in total. The topological polar surface area (TPSA) is 81.7 Å². The Labute approximate surface area is 159 Å². The maximum atomic E-state index is 9.77. The fraction of sp³-hybridized carbons (Fsp3) is 0.158. The van der Waals surface area contributed by atoms with Crippen molar-refractivity contribution in [1.29, 1.82) is 0 Å². The van der Waals surface area contributed by atoms with Crippen LogP contribution in [-0.2, 0) is 0 Å². The lowest BCUT2D eigenvalue weighted by Gasteiger charge is -2.08. The Morgan fingerprint density at radius 1 is 1.15 bits per heavy atom. The van der Waals surface area contributed by atoms with E-state index < -0.39 is 5.60 Å². The molecule has 4 rings (SSSR count). The van der Waals surface area contributed by atoms with Crippen molar-refractivity contribution in [1.82, 2.24) is 29.8 Å². The van der Waals surface area contributed by atoms with E-state index in [4.69, 9.17) is 0 Å². The molecule has 27 heavy (non-hydrogen) atoms. The molecule has 3 aromatic heterocycles. The molecule has 134 valence electrons. The zero-order valence-electron chi connectivity index (χ0n) is 14.7. The second-order valence-corrected chi connectivity index (χ2v) is 7.45. The third kappa shape index (κ3) is 3.79. The summed E-state index contributed by atoms with van der Waals surface area (Å²) in [4.78, 5) is 6.38. The van der Waals surface area contributed by atoms with Gasteiger partial charge in [-0.2, -0.15) is 0 Å². The molecule has 0 saturated carbocycles. The van der Waals surface area contributed by atoms with Crippen LogP contribution in [-0.4, -0.2) is 40.5 Å². The second-order valence-electron chi connectivity index (χ2n) is 6.37. The molecule has 0 aliphatic carbocycles. The Morgan fingerprint density at radius 3 is 2.78 bits per heavy atom. The van der Waals surface area contributed by atoms with Gasteiger partial charge in [-0.25, -0.2) is 9.67 Å². The van der Waals surface area contributed by atoms with E-state index in [2.05, 4.69) is 32.4 Å². The molecule has 1 aromatic carbocycles. The second kappa shape index (κ2) is 6.79. The van der Waals surface area contributed by atoms with E-state index in [1.165, 1.54) is 11.3 Å². The van der Waals surface area contributed by atoms with Gasteiger partial charge < -0.3 is 5.11 Å². The van der Waals surface area contributed by atoms with E-state index >= 15 is 0 Å². The molecule has 0 atom stereocenters. The van der Waals surface area contributed by atoms with E-state index in [0.29, 0.717) is 0 Å². The molecule has 0 amide bonds. The van der Waals surface area contributed by atoms with Crippen LogP contribution in [0.25, 0.3) is 22.1 Å². The van der Waals surface area contributed by atoms with Crippen LogP contribution < -0.4 is 0 Å². The molecular weight excluding hydrogens is 360 g/mol. The van der Waals surface area contributed by atoms with Crippen molar-refractivity contribution in [2.75, 3.05) is 0 Å². The molecule has 4 aromatic rings. The van der Waals surface area contributed by atoms with Crippen LogP contribution in [0.1, 0.15) is 18.7 Å². The number of thiophene rings is 1. The van der Waals surface area contributed by atoms with Gasteiger partial charge in [0.2, 0.25) is 0 Å². The zero-order chi connectivity index (χ0) is 18.9. The number of nitrogens with zero attached hydrogens (tertiary/aromatic N) is 6. The Balaban J connectivity index is 1.69. The Bertz CT molecular complexity index is 1120. The highest BCUT2D eigenvalue weighted by Gasteiger charge is 2.12. The number of aliphatic hydroxyl groups is 1. The molecule has 0 bridgehead atoms. The average Bonchev–Trinajstić information content (AvgIpc) is 3.40. The SMILES string of the molecule is CC(C)(O)C#Cc1ccc(-c2nccn2-c2cccc(-n3cnnn3)c2)s1. The van der Waals surface area contributed by atoms with Gasteiger partial charge in [0.05, 0.1) is 15.4 Å². The van der Waals surface area contributed by atoms with Gasteiger partial charge in [-0.05, 0) is 54.6 Å². The first-order chi connectivity index (χ1) is 13.0. The first-order valence-corrected chi connectivity index (χ1v) is 9.04. The summed E-state index contributed by atoms with van der Waals surface area (Å²) in [6.45, 7) is 3.33. The summed E-state index contributed by atoms with van der Waals surface area (Å²) in [6.07, 6.45) is 5.23. The number of benzene rings is 1. The fourth-order valence-electron chi connectivity index (χ4n) is 2.50. The van der Waals surface area contributed by atoms with Crippen LogP contribution in [0.4, 0.5) is 0 Å². The van der Waals surface area contributed by atoms with Gasteiger partial charge in [0.25, 0.3) is 0 Å². The largest absolute Gasteiger partial charge is 0.378 e. The molecule has 0 spiro atoms. The van der Waals surface area contributed by atoms with E-state index in [-0.39, 0.29) is 0 Å².